The fourth-order valence-corrected chi connectivity index (χ4v) is 3.13. The SMILES string of the molecule is C=C(CS(=O)(=O)c1ccc(C)cc1)C(=O)OCc1cc#ccc1. The molecule has 2 rings (SSSR count). The summed E-state index contributed by atoms with van der Waals surface area (Å²) in [6.45, 7) is 5.43. The standard InChI is InChI=1S/C18H16O4S/c1-14-8-10-17(11-9-14)23(20,21)13-15(2)18(19)22-12-16-6-4-3-5-7-16/h4,6-11H,2,12-13H2,1H3. The van der Waals surface area contributed by atoms with Crippen LogP contribution in [-0.4, -0.2) is 20.1 Å². The van der Waals surface area contributed by atoms with E-state index in [4.69, 9.17) is 4.74 Å². The molecule has 0 saturated carbocycles. The Morgan fingerprint density at radius 3 is 2.48 bits per heavy atom. The van der Waals surface area contributed by atoms with Gasteiger partial charge in [0.25, 0.3) is 0 Å². The Kier molecular flexibility index (Phi) is 5.20. The maximum Gasteiger partial charge on any atom is 0.334 e. The van der Waals surface area contributed by atoms with Crippen LogP contribution in [0.2, 0.25) is 0 Å². The van der Waals surface area contributed by atoms with Gasteiger partial charge in [-0.15, -0.1) is 0 Å². The van der Waals surface area contributed by atoms with Crippen LogP contribution in [-0.2, 0) is 26.0 Å². The minimum Gasteiger partial charge on any atom is -0.457 e. The molecule has 0 aliphatic heterocycles. The normalized spacial score (nSPS) is 10.7. The quantitative estimate of drug-likeness (QED) is 0.604. The Morgan fingerprint density at radius 1 is 1.17 bits per heavy atom. The number of benzene rings is 1. The third-order valence-electron chi connectivity index (χ3n) is 3.12. The Bertz CT molecular complexity index is 791. The number of ether oxygens (including phenoxy) is 1. The molecule has 0 fully saturated rings. The van der Waals surface area contributed by atoms with Crippen molar-refractivity contribution in [2.24, 2.45) is 0 Å². The van der Waals surface area contributed by atoms with Crippen LogP contribution in [0.4, 0.5) is 0 Å². The molecule has 0 N–H and O–H groups in total. The summed E-state index contributed by atoms with van der Waals surface area (Å²) in [6, 6.07) is 16.9. The van der Waals surface area contributed by atoms with Gasteiger partial charge in [-0.3, -0.25) is 0 Å². The van der Waals surface area contributed by atoms with Crippen LogP contribution < -0.4 is 0 Å². The minimum atomic E-state index is -3.62. The van der Waals surface area contributed by atoms with Crippen LogP contribution in [0.25, 0.3) is 0 Å². The molecular formula is C18H16O4S. The summed E-state index contributed by atoms with van der Waals surface area (Å²) in [6.07, 6.45) is 0. The number of rotatable bonds is 6. The zero-order chi connectivity index (χ0) is 16.9. The third-order valence-corrected chi connectivity index (χ3v) is 4.84. The molecule has 0 radical (unpaired) electrons. The largest absolute Gasteiger partial charge is 0.457 e. The van der Waals surface area contributed by atoms with E-state index in [1.54, 1.807) is 30.3 Å². The van der Waals surface area contributed by atoms with Gasteiger partial charge in [0.2, 0.25) is 0 Å². The van der Waals surface area contributed by atoms with Crippen LogP contribution in [0.5, 0.6) is 0 Å². The average Bonchev–Trinajstić information content (AvgIpc) is 2.53. The second kappa shape index (κ2) is 7.12. The van der Waals surface area contributed by atoms with E-state index in [1.165, 1.54) is 12.1 Å². The fraction of sp³-hybridized carbons (Fsp3) is 0.167. The maximum atomic E-state index is 12.3. The van der Waals surface area contributed by atoms with Crippen molar-refractivity contribution in [1.82, 2.24) is 0 Å². The van der Waals surface area contributed by atoms with Crippen LogP contribution in [0, 0.1) is 19.1 Å². The minimum absolute atomic E-state index is 0.0353. The van der Waals surface area contributed by atoms with Gasteiger partial charge in [0, 0.05) is 5.57 Å². The molecule has 5 heteroatoms. The predicted octanol–water partition coefficient (Wildman–Crippen LogP) is 2.67. The fourth-order valence-electron chi connectivity index (χ4n) is 1.84. The molecule has 118 valence electrons. The first-order chi connectivity index (χ1) is 10.9. The first kappa shape index (κ1) is 16.8. The van der Waals surface area contributed by atoms with Gasteiger partial charge >= 0.3 is 5.97 Å². The van der Waals surface area contributed by atoms with Gasteiger partial charge in [-0.25, -0.2) is 13.2 Å². The Hall–Kier alpha value is -2.58. The van der Waals surface area contributed by atoms with Crippen LogP contribution >= 0.6 is 0 Å². The number of aryl methyl sites for hydroxylation is 1. The van der Waals surface area contributed by atoms with E-state index in [0.717, 1.165) is 11.1 Å². The van der Waals surface area contributed by atoms with Crippen molar-refractivity contribution in [3.05, 3.63) is 77.9 Å². The lowest BCUT2D eigenvalue weighted by Crippen LogP contribution is -2.16. The molecule has 2 aromatic rings. The molecule has 0 unspecified atom stereocenters. The molecular weight excluding hydrogens is 312 g/mol. The van der Waals surface area contributed by atoms with Crippen molar-refractivity contribution < 1.29 is 17.9 Å². The van der Waals surface area contributed by atoms with Gasteiger partial charge in [0.15, 0.2) is 9.84 Å². The van der Waals surface area contributed by atoms with Gasteiger partial charge in [0.05, 0.1) is 10.6 Å². The second-order valence-electron chi connectivity index (χ2n) is 5.09. The highest BCUT2D eigenvalue weighted by Gasteiger charge is 2.20. The number of hydrogen-bond acceptors (Lipinski definition) is 4. The molecule has 0 bridgehead atoms. The lowest BCUT2D eigenvalue weighted by Gasteiger charge is -2.08. The summed E-state index contributed by atoms with van der Waals surface area (Å²) >= 11 is 0. The van der Waals surface area contributed by atoms with Crippen molar-refractivity contribution in [1.29, 1.82) is 0 Å². The molecule has 0 heterocycles. The Labute approximate surface area is 136 Å². The highest BCUT2D eigenvalue weighted by atomic mass is 32.2. The summed E-state index contributed by atoms with van der Waals surface area (Å²) in [5.41, 5.74) is 1.60. The lowest BCUT2D eigenvalue weighted by molar-refractivity contribution is -0.140. The van der Waals surface area contributed by atoms with Crippen LogP contribution in [0.3, 0.4) is 0 Å². The van der Waals surface area contributed by atoms with Crippen LogP contribution in [0.1, 0.15) is 11.1 Å². The van der Waals surface area contributed by atoms with Gasteiger partial charge in [-0.1, -0.05) is 36.4 Å². The van der Waals surface area contributed by atoms with Crippen molar-refractivity contribution in [3.63, 3.8) is 0 Å². The van der Waals surface area contributed by atoms with E-state index in [1.807, 2.05) is 6.92 Å². The lowest BCUT2D eigenvalue weighted by atomic mass is 10.2. The van der Waals surface area contributed by atoms with Crippen molar-refractivity contribution in [2.45, 2.75) is 18.4 Å². The molecule has 0 saturated heterocycles. The third kappa shape index (κ3) is 4.70. The molecule has 0 aromatic heterocycles. The summed E-state index contributed by atoms with van der Waals surface area (Å²) in [4.78, 5) is 12.0. The molecule has 2 aromatic carbocycles. The van der Waals surface area contributed by atoms with E-state index >= 15 is 0 Å². The van der Waals surface area contributed by atoms with Crippen molar-refractivity contribution >= 4 is 15.8 Å². The second-order valence-corrected chi connectivity index (χ2v) is 7.08. The van der Waals surface area contributed by atoms with Crippen LogP contribution in [0.15, 0.2) is 59.5 Å². The molecule has 4 nitrogen and oxygen atoms in total. The van der Waals surface area contributed by atoms with E-state index in [0.29, 0.717) is 0 Å². The Balaban J connectivity index is 1.97. The summed E-state index contributed by atoms with van der Waals surface area (Å²) in [7, 11) is -3.62. The average molecular weight is 328 g/mol. The molecule has 0 atom stereocenters. The number of esters is 1. The van der Waals surface area contributed by atoms with E-state index in [2.05, 4.69) is 18.7 Å². The highest BCUT2D eigenvalue weighted by Crippen LogP contribution is 2.15. The van der Waals surface area contributed by atoms with Gasteiger partial charge in [-0.2, -0.15) is 0 Å². The molecule has 0 aliphatic carbocycles. The number of hydrogen-bond donors (Lipinski definition) is 0. The number of carbonyl (C=O) groups excluding carboxylic acids is 1. The van der Waals surface area contributed by atoms with Crippen molar-refractivity contribution in [2.75, 3.05) is 5.75 Å². The van der Waals surface area contributed by atoms with Gasteiger partial charge in [-0.05, 0) is 42.8 Å². The Morgan fingerprint density at radius 2 is 1.87 bits per heavy atom. The number of carbonyl (C=O) groups is 1. The van der Waals surface area contributed by atoms with Crippen molar-refractivity contribution in [3.8, 4) is 0 Å². The van der Waals surface area contributed by atoms with Gasteiger partial charge in [0.1, 0.15) is 6.61 Å². The zero-order valence-corrected chi connectivity index (χ0v) is 13.5. The first-order valence-electron chi connectivity index (χ1n) is 6.89. The smallest absolute Gasteiger partial charge is 0.334 e. The summed E-state index contributed by atoms with van der Waals surface area (Å²) in [5, 5.41) is 0. The van der Waals surface area contributed by atoms with E-state index in [9.17, 15) is 13.2 Å². The van der Waals surface area contributed by atoms with E-state index < -0.39 is 21.6 Å². The molecule has 0 aliphatic rings. The van der Waals surface area contributed by atoms with Gasteiger partial charge < -0.3 is 4.74 Å². The first-order valence-corrected chi connectivity index (χ1v) is 8.55. The molecule has 0 amide bonds. The highest BCUT2D eigenvalue weighted by molar-refractivity contribution is 7.91. The topological polar surface area (TPSA) is 60.4 Å². The summed E-state index contributed by atoms with van der Waals surface area (Å²) < 4.78 is 29.6. The summed E-state index contributed by atoms with van der Waals surface area (Å²) in [5.74, 6) is -1.20. The van der Waals surface area contributed by atoms with E-state index in [-0.39, 0.29) is 17.1 Å². The maximum absolute atomic E-state index is 12.3. The predicted molar refractivity (Wildman–Crippen MR) is 86.3 cm³/mol. The zero-order valence-electron chi connectivity index (χ0n) is 12.7. The molecule has 23 heavy (non-hydrogen) atoms. The molecule has 0 spiro atoms. The monoisotopic (exact) mass is 328 g/mol. The number of sulfone groups is 1.